The summed E-state index contributed by atoms with van der Waals surface area (Å²) in [5.74, 6) is 1.21. The van der Waals surface area contributed by atoms with E-state index in [9.17, 15) is 4.79 Å². The van der Waals surface area contributed by atoms with Crippen molar-refractivity contribution in [3.63, 3.8) is 0 Å². The van der Waals surface area contributed by atoms with E-state index in [-0.39, 0.29) is 5.91 Å². The Balaban J connectivity index is 1.65. The number of carbonyl (C=O) groups is 1. The molecule has 0 aromatic heterocycles. The summed E-state index contributed by atoms with van der Waals surface area (Å²) < 4.78 is 5.69. The Bertz CT molecular complexity index is 622. The molecule has 0 saturated carbocycles. The Morgan fingerprint density at radius 2 is 1.86 bits per heavy atom. The van der Waals surface area contributed by atoms with Gasteiger partial charge in [0, 0.05) is 12.1 Å². The van der Waals surface area contributed by atoms with Gasteiger partial charge in [-0.3, -0.25) is 4.79 Å². The predicted octanol–water partition coefficient (Wildman–Crippen LogP) is 3.75. The molecule has 1 aliphatic rings. The molecule has 0 aliphatic carbocycles. The first-order valence-electron chi connectivity index (χ1n) is 7.29. The standard InChI is InChI=1S/C18H19NO2/c1-12(2)13-7-9-15(10-8-13)19-18(20)17-11-14-5-3-4-6-16(14)21-17/h3-10,12,17H,11H2,1-2H3,(H,19,20)/t17-/m1/s1. The quantitative estimate of drug-likeness (QED) is 0.930. The molecule has 1 atom stereocenters. The van der Waals surface area contributed by atoms with Crippen LogP contribution in [0.2, 0.25) is 0 Å². The van der Waals surface area contributed by atoms with E-state index in [0.29, 0.717) is 12.3 Å². The van der Waals surface area contributed by atoms with Crippen molar-refractivity contribution < 1.29 is 9.53 Å². The fraction of sp³-hybridized carbons (Fsp3) is 0.278. The molecule has 0 saturated heterocycles. The number of benzene rings is 2. The molecular formula is C18H19NO2. The highest BCUT2D eigenvalue weighted by Gasteiger charge is 2.28. The maximum absolute atomic E-state index is 12.3. The molecule has 108 valence electrons. The van der Waals surface area contributed by atoms with Gasteiger partial charge in [-0.25, -0.2) is 0 Å². The van der Waals surface area contributed by atoms with E-state index in [1.807, 2.05) is 48.5 Å². The molecule has 0 radical (unpaired) electrons. The van der Waals surface area contributed by atoms with Crippen LogP contribution in [0.5, 0.6) is 5.75 Å². The normalized spacial score (nSPS) is 16.4. The Kier molecular flexibility index (Phi) is 3.65. The molecule has 21 heavy (non-hydrogen) atoms. The predicted molar refractivity (Wildman–Crippen MR) is 83.7 cm³/mol. The highest BCUT2D eigenvalue weighted by Crippen LogP contribution is 2.28. The first kappa shape index (κ1) is 13.7. The van der Waals surface area contributed by atoms with Crippen molar-refractivity contribution in [2.24, 2.45) is 0 Å². The van der Waals surface area contributed by atoms with Crippen LogP contribution in [0.1, 0.15) is 30.9 Å². The first-order chi connectivity index (χ1) is 10.1. The van der Waals surface area contributed by atoms with Gasteiger partial charge in [-0.2, -0.15) is 0 Å². The van der Waals surface area contributed by atoms with Crippen LogP contribution in [0.3, 0.4) is 0 Å². The summed E-state index contributed by atoms with van der Waals surface area (Å²) in [6.45, 7) is 4.30. The highest BCUT2D eigenvalue weighted by atomic mass is 16.5. The van der Waals surface area contributed by atoms with Crippen LogP contribution >= 0.6 is 0 Å². The lowest BCUT2D eigenvalue weighted by Crippen LogP contribution is -2.31. The molecule has 1 heterocycles. The van der Waals surface area contributed by atoms with Gasteiger partial charge >= 0.3 is 0 Å². The molecule has 0 spiro atoms. The zero-order valence-electron chi connectivity index (χ0n) is 12.3. The fourth-order valence-electron chi connectivity index (χ4n) is 2.50. The first-order valence-corrected chi connectivity index (χ1v) is 7.29. The summed E-state index contributed by atoms with van der Waals surface area (Å²) >= 11 is 0. The van der Waals surface area contributed by atoms with Gasteiger partial charge in [-0.05, 0) is 35.2 Å². The smallest absolute Gasteiger partial charge is 0.265 e. The van der Waals surface area contributed by atoms with E-state index < -0.39 is 6.10 Å². The van der Waals surface area contributed by atoms with Crippen LogP contribution in [-0.4, -0.2) is 12.0 Å². The molecule has 3 heteroatoms. The van der Waals surface area contributed by atoms with Crippen LogP contribution in [0, 0.1) is 0 Å². The third-order valence-electron chi connectivity index (χ3n) is 3.78. The van der Waals surface area contributed by atoms with E-state index in [0.717, 1.165) is 17.0 Å². The third-order valence-corrected chi connectivity index (χ3v) is 3.78. The number of ether oxygens (including phenoxy) is 1. The Morgan fingerprint density at radius 3 is 2.52 bits per heavy atom. The zero-order valence-corrected chi connectivity index (χ0v) is 12.3. The summed E-state index contributed by atoms with van der Waals surface area (Å²) in [5.41, 5.74) is 3.16. The summed E-state index contributed by atoms with van der Waals surface area (Å²) in [6.07, 6.45) is 0.193. The van der Waals surface area contributed by atoms with Gasteiger partial charge in [-0.15, -0.1) is 0 Å². The van der Waals surface area contributed by atoms with E-state index in [1.165, 1.54) is 5.56 Å². The second-order valence-electron chi connectivity index (χ2n) is 5.68. The molecule has 0 unspecified atom stereocenters. The van der Waals surface area contributed by atoms with Crippen molar-refractivity contribution in [2.45, 2.75) is 32.3 Å². The Morgan fingerprint density at radius 1 is 1.14 bits per heavy atom. The van der Waals surface area contributed by atoms with Crippen LogP contribution in [-0.2, 0) is 11.2 Å². The van der Waals surface area contributed by atoms with Crippen molar-refractivity contribution in [3.05, 3.63) is 59.7 Å². The number of hydrogen-bond donors (Lipinski definition) is 1. The molecule has 0 fully saturated rings. The van der Waals surface area contributed by atoms with Gasteiger partial charge in [0.1, 0.15) is 5.75 Å². The average Bonchev–Trinajstić information content (AvgIpc) is 2.92. The SMILES string of the molecule is CC(C)c1ccc(NC(=O)[C@H]2Cc3ccccc3O2)cc1. The van der Waals surface area contributed by atoms with Gasteiger partial charge in [0.25, 0.3) is 5.91 Å². The number of para-hydroxylation sites is 1. The zero-order chi connectivity index (χ0) is 14.8. The van der Waals surface area contributed by atoms with Crippen LogP contribution in [0.15, 0.2) is 48.5 Å². The second kappa shape index (κ2) is 5.60. The van der Waals surface area contributed by atoms with Gasteiger partial charge in [-0.1, -0.05) is 44.2 Å². The van der Waals surface area contributed by atoms with Gasteiger partial charge < -0.3 is 10.1 Å². The minimum absolute atomic E-state index is 0.0940. The highest BCUT2D eigenvalue weighted by molar-refractivity contribution is 5.95. The molecule has 0 bridgehead atoms. The van der Waals surface area contributed by atoms with Crippen molar-refractivity contribution in [1.29, 1.82) is 0 Å². The number of fused-ring (bicyclic) bond motifs is 1. The summed E-state index contributed by atoms with van der Waals surface area (Å²) in [4.78, 5) is 12.3. The van der Waals surface area contributed by atoms with Crippen molar-refractivity contribution in [2.75, 3.05) is 5.32 Å². The fourth-order valence-corrected chi connectivity index (χ4v) is 2.50. The van der Waals surface area contributed by atoms with Crippen LogP contribution < -0.4 is 10.1 Å². The molecule has 3 nitrogen and oxygen atoms in total. The van der Waals surface area contributed by atoms with Crippen molar-refractivity contribution in [1.82, 2.24) is 0 Å². The number of carbonyl (C=O) groups excluding carboxylic acids is 1. The van der Waals surface area contributed by atoms with Gasteiger partial charge in [0.15, 0.2) is 6.10 Å². The topological polar surface area (TPSA) is 38.3 Å². The minimum atomic E-state index is -0.438. The number of amides is 1. The molecule has 3 rings (SSSR count). The van der Waals surface area contributed by atoms with E-state index in [4.69, 9.17) is 4.74 Å². The second-order valence-corrected chi connectivity index (χ2v) is 5.68. The maximum Gasteiger partial charge on any atom is 0.265 e. The van der Waals surface area contributed by atoms with Crippen LogP contribution in [0.4, 0.5) is 5.69 Å². The summed E-state index contributed by atoms with van der Waals surface area (Å²) in [7, 11) is 0. The van der Waals surface area contributed by atoms with Crippen LogP contribution in [0.25, 0.3) is 0 Å². The molecule has 1 N–H and O–H groups in total. The van der Waals surface area contributed by atoms with E-state index >= 15 is 0 Å². The minimum Gasteiger partial charge on any atom is -0.480 e. The third kappa shape index (κ3) is 2.92. The number of rotatable bonds is 3. The number of hydrogen-bond acceptors (Lipinski definition) is 2. The maximum atomic E-state index is 12.3. The monoisotopic (exact) mass is 281 g/mol. The molecule has 2 aromatic carbocycles. The lowest BCUT2D eigenvalue weighted by Gasteiger charge is -2.12. The van der Waals surface area contributed by atoms with Crippen molar-refractivity contribution in [3.8, 4) is 5.75 Å². The summed E-state index contributed by atoms with van der Waals surface area (Å²) in [5, 5.41) is 2.92. The number of anilines is 1. The molecule has 1 amide bonds. The molecule has 2 aromatic rings. The lowest BCUT2D eigenvalue weighted by atomic mass is 10.0. The van der Waals surface area contributed by atoms with Crippen molar-refractivity contribution >= 4 is 11.6 Å². The molecular weight excluding hydrogens is 262 g/mol. The van der Waals surface area contributed by atoms with Gasteiger partial charge in [0.2, 0.25) is 0 Å². The van der Waals surface area contributed by atoms with Gasteiger partial charge in [0.05, 0.1) is 0 Å². The van der Waals surface area contributed by atoms with E-state index in [1.54, 1.807) is 0 Å². The lowest BCUT2D eigenvalue weighted by molar-refractivity contribution is -0.122. The molecule has 1 aliphatic heterocycles. The summed E-state index contributed by atoms with van der Waals surface area (Å²) in [6, 6.07) is 15.8. The van der Waals surface area contributed by atoms with E-state index in [2.05, 4.69) is 19.2 Å². The average molecular weight is 281 g/mol. The Hall–Kier alpha value is -2.29. The Labute approximate surface area is 124 Å². The number of nitrogens with one attached hydrogen (secondary N) is 1. The largest absolute Gasteiger partial charge is 0.480 e.